The van der Waals surface area contributed by atoms with Gasteiger partial charge in [-0.25, -0.2) is 14.1 Å². The fourth-order valence-electron chi connectivity index (χ4n) is 3.56. The van der Waals surface area contributed by atoms with Crippen molar-refractivity contribution in [2.45, 2.75) is 45.3 Å². The van der Waals surface area contributed by atoms with Gasteiger partial charge in [0.15, 0.2) is 11.4 Å². The van der Waals surface area contributed by atoms with E-state index in [2.05, 4.69) is 0 Å². The monoisotopic (exact) mass is 402 g/mol. The number of amides is 3. The van der Waals surface area contributed by atoms with Crippen LogP contribution in [-0.2, 0) is 23.9 Å². The lowest BCUT2D eigenvalue weighted by Gasteiger charge is -2.37. The van der Waals surface area contributed by atoms with Crippen molar-refractivity contribution in [2.75, 3.05) is 16.4 Å². The molecule has 8 nitrogen and oxygen atoms in total. The number of hydrogen-bond acceptors (Lipinski definition) is 6. The van der Waals surface area contributed by atoms with E-state index in [9.17, 15) is 23.6 Å². The molecule has 1 aromatic rings. The number of esters is 1. The molecule has 1 unspecified atom stereocenters. The summed E-state index contributed by atoms with van der Waals surface area (Å²) in [6, 6.07) is 1.23. The fourth-order valence-corrected chi connectivity index (χ4v) is 3.56. The van der Waals surface area contributed by atoms with Crippen molar-refractivity contribution in [3.05, 3.63) is 29.6 Å². The van der Waals surface area contributed by atoms with Crippen molar-refractivity contribution < 1.29 is 33.0 Å². The van der Waals surface area contributed by atoms with Crippen LogP contribution >= 0.6 is 0 Å². The molecule has 0 aromatic heterocycles. The molecule has 1 fully saturated rings. The Morgan fingerprint density at radius 1 is 1.28 bits per heavy atom. The summed E-state index contributed by atoms with van der Waals surface area (Å²) in [5.74, 6) is -3.16. The van der Waals surface area contributed by atoms with E-state index in [4.69, 9.17) is 9.47 Å². The Balaban J connectivity index is 1.82. The molecule has 1 saturated carbocycles. The molecule has 152 valence electrons. The second kappa shape index (κ2) is 6.40. The summed E-state index contributed by atoms with van der Waals surface area (Å²) in [4.78, 5) is 51.8. The smallest absolute Gasteiger partial charge is 0.328 e. The summed E-state index contributed by atoms with van der Waals surface area (Å²) >= 11 is 0. The van der Waals surface area contributed by atoms with Crippen LogP contribution in [0.25, 0.3) is 0 Å². The molecule has 1 aliphatic carbocycles. The van der Waals surface area contributed by atoms with Gasteiger partial charge in [0.25, 0.3) is 17.7 Å². The van der Waals surface area contributed by atoms with Gasteiger partial charge in [0, 0.05) is 30.6 Å². The Hall–Kier alpha value is -3.23. The predicted octanol–water partition coefficient (Wildman–Crippen LogP) is 1.85. The van der Waals surface area contributed by atoms with Crippen molar-refractivity contribution in [3.63, 3.8) is 0 Å². The number of fused-ring (bicyclic) bond motifs is 1. The average Bonchev–Trinajstić information content (AvgIpc) is 3.38. The minimum atomic E-state index is -1.11. The number of anilines is 2. The molecule has 3 aliphatic rings. The quantitative estimate of drug-likeness (QED) is 0.564. The summed E-state index contributed by atoms with van der Waals surface area (Å²) in [6.07, 6.45) is 2.01. The van der Waals surface area contributed by atoms with Crippen LogP contribution in [0.15, 0.2) is 23.8 Å². The molecule has 29 heavy (non-hydrogen) atoms. The highest BCUT2D eigenvalue weighted by atomic mass is 19.1. The molecule has 1 aromatic carbocycles. The third-order valence-corrected chi connectivity index (χ3v) is 5.26. The van der Waals surface area contributed by atoms with Gasteiger partial charge in [-0.3, -0.25) is 19.3 Å². The summed E-state index contributed by atoms with van der Waals surface area (Å²) < 4.78 is 25.6. The van der Waals surface area contributed by atoms with Crippen molar-refractivity contribution >= 4 is 35.1 Å². The van der Waals surface area contributed by atoms with Crippen LogP contribution in [0.1, 0.15) is 33.6 Å². The van der Waals surface area contributed by atoms with E-state index in [0.717, 1.165) is 12.1 Å². The zero-order valence-electron chi connectivity index (χ0n) is 16.2. The summed E-state index contributed by atoms with van der Waals surface area (Å²) in [7, 11) is 0. The Kier molecular flexibility index (Phi) is 4.21. The third kappa shape index (κ3) is 2.80. The van der Waals surface area contributed by atoms with Gasteiger partial charge in [-0.1, -0.05) is 0 Å². The lowest BCUT2D eigenvalue weighted by molar-refractivity contribution is -0.146. The van der Waals surface area contributed by atoms with Crippen LogP contribution in [0.4, 0.5) is 15.8 Å². The van der Waals surface area contributed by atoms with Crippen molar-refractivity contribution in [3.8, 4) is 5.75 Å². The van der Waals surface area contributed by atoms with Gasteiger partial charge in [-0.15, -0.1) is 0 Å². The number of nitrogens with zero attached hydrogens (tertiary/aromatic N) is 2. The maximum absolute atomic E-state index is 14.8. The standard InChI is InChI=1S/C20H19FN2O6/c1-4-28-18(26)11(3)22-14-9-13(23-16(24)7-10(2)17(23)25)12(21)8-15(14)29-20(5-6-20)19(22)27/h7-9,11H,4-6H2,1-3H3. The van der Waals surface area contributed by atoms with E-state index in [-0.39, 0.29) is 29.3 Å². The number of imide groups is 1. The zero-order valence-corrected chi connectivity index (χ0v) is 16.2. The van der Waals surface area contributed by atoms with Crippen LogP contribution in [0.5, 0.6) is 5.75 Å². The normalized spacial score (nSPS) is 20.4. The highest BCUT2D eigenvalue weighted by Gasteiger charge is 2.59. The summed E-state index contributed by atoms with van der Waals surface area (Å²) in [5, 5.41) is 0. The molecule has 2 aliphatic heterocycles. The molecule has 0 N–H and O–H groups in total. The van der Waals surface area contributed by atoms with Crippen molar-refractivity contribution in [2.24, 2.45) is 0 Å². The maximum Gasteiger partial charge on any atom is 0.328 e. The summed E-state index contributed by atoms with van der Waals surface area (Å²) in [5.41, 5.74) is -1.14. The molecule has 0 radical (unpaired) electrons. The highest BCUT2D eigenvalue weighted by Crippen LogP contribution is 2.51. The van der Waals surface area contributed by atoms with E-state index in [1.165, 1.54) is 24.8 Å². The number of carbonyl (C=O) groups is 4. The van der Waals surface area contributed by atoms with Gasteiger partial charge in [0.2, 0.25) is 0 Å². The van der Waals surface area contributed by atoms with Crippen molar-refractivity contribution in [1.82, 2.24) is 0 Å². The van der Waals surface area contributed by atoms with E-state index in [0.29, 0.717) is 17.7 Å². The summed E-state index contributed by atoms with van der Waals surface area (Å²) in [6.45, 7) is 4.74. The lowest BCUT2D eigenvalue weighted by atomic mass is 10.1. The van der Waals surface area contributed by atoms with Crippen LogP contribution in [0, 0.1) is 5.82 Å². The largest absolute Gasteiger partial charge is 0.475 e. The van der Waals surface area contributed by atoms with Crippen LogP contribution in [0.3, 0.4) is 0 Å². The Morgan fingerprint density at radius 3 is 2.52 bits per heavy atom. The molecule has 1 atom stereocenters. The van der Waals surface area contributed by atoms with E-state index in [1.807, 2.05) is 0 Å². The van der Waals surface area contributed by atoms with Crippen molar-refractivity contribution in [1.29, 1.82) is 0 Å². The van der Waals surface area contributed by atoms with Gasteiger partial charge in [0.1, 0.15) is 11.8 Å². The van der Waals surface area contributed by atoms with Crippen LogP contribution < -0.4 is 14.5 Å². The molecule has 9 heteroatoms. The molecule has 2 heterocycles. The molecule has 0 bridgehead atoms. The predicted molar refractivity (Wildman–Crippen MR) is 98.8 cm³/mol. The third-order valence-electron chi connectivity index (χ3n) is 5.26. The first kappa shape index (κ1) is 19.1. The van der Waals surface area contributed by atoms with Gasteiger partial charge >= 0.3 is 5.97 Å². The Bertz CT molecular complexity index is 997. The topological polar surface area (TPSA) is 93.2 Å². The molecule has 3 amide bonds. The number of halogens is 1. The SMILES string of the molecule is CCOC(=O)C(C)N1C(=O)C2(CC2)Oc2cc(F)c(N3C(=O)C=C(C)C3=O)cc21. The average molecular weight is 402 g/mol. The van der Waals surface area contributed by atoms with Crippen LogP contribution in [0.2, 0.25) is 0 Å². The van der Waals surface area contributed by atoms with Gasteiger partial charge < -0.3 is 9.47 Å². The number of rotatable bonds is 4. The molecular formula is C20H19FN2O6. The molecular weight excluding hydrogens is 383 g/mol. The lowest BCUT2D eigenvalue weighted by Crippen LogP contribution is -2.54. The number of hydrogen-bond donors (Lipinski definition) is 0. The first-order valence-corrected chi connectivity index (χ1v) is 9.30. The van der Waals surface area contributed by atoms with Crippen LogP contribution in [-0.4, -0.2) is 41.9 Å². The second-order valence-electron chi connectivity index (χ2n) is 7.28. The van der Waals surface area contributed by atoms with Gasteiger partial charge in [0.05, 0.1) is 18.0 Å². The Labute approximate surface area is 165 Å². The minimum absolute atomic E-state index is 0.0725. The number of benzene rings is 1. The Morgan fingerprint density at radius 2 is 1.97 bits per heavy atom. The first-order valence-electron chi connectivity index (χ1n) is 9.30. The molecule has 4 rings (SSSR count). The molecule has 0 saturated heterocycles. The second-order valence-corrected chi connectivity index (χ2v) is 7.28. The number of carbonyl (C=O) groups excluding carboxylic acids is 4. The number of ether oxygens (including phenoxy) is 2. The zero-order chi connectivity index (χ0) is 21.1. The van der Waals surface area contributed by atoms with Gasteiger partial charge in [-0.05, 0) is 26.8 Å². The minimum Gasteiger partial charge on any atom is -0.475 e. The van der Waals surface area contributed by atoms with E-state index >= 15 is 0 Å². The maximum atomic E-state index is 14.8. The van der Waals surface area contributed by atoms with Gasteiger partial charge in [-0.2, -0.15) is 0 Å². The fraction of sp³-hybridized carbons (Fsp3) is 0.400. The van der Waals surface area contributed by atoms with E-state index in [1.54, 1.807) is 6.92 Å². The highest BCUT2D eigenvalue weighted by molar-refractivity contribution is 6.30. The first-order chi connectivity index (χ1) is 13.7. The van der Waals surface area contributed by atoms with E-state index < -0.39 is 41.2 Å². The molecule has 1 spiro atoms.